The molecule has 0 amide bonds. The summed E-state index contributed by atoms with van der Waals surface area (Å²) in [6, 6.07) is 11.9. The van der Waals surface area contributed by atoms with E-state index in [-0.39, 0.29) is 24.9 Å². The van der Waals surface area contributed by atoms with Gasteiger partial charge in [0.25, 0.3) is 0 Å². The molecule has 3 aromatic rings. The number of rotatable bonds is 10. The van der Waals surface area contributed by atoms with Gasteiger partial charge in [0, 0.05) is 31.4 Å². The van der Waals surface area contributed by atoms with Crippen LogP contribution < -0.4 is 0 Å². The Morgan fingerprint density at radius 1 is 0.865 bits per heavy atom. The molecule has 8 heteroatoms. The quantitative estimate of drug-likeness (QED) is 0.207. The first-order valence-electron chi connectivity index (χ1n) is 12.5. The van der Waals surface area contributed by atoms with Crippen LogP contribution in [0.15, 0.2) is 48.5 Å². The fourth-order valence-electron chi connectivity index (χ4n) is 4.68. The average Bonchev–Trinajstić information content (AvgIpc) is 2.87. The van der Waals surface area contributed by atoms with E-state index < -0.39 is 17.6 Å². The van der Waals surface area contributed by atoms with Crippen LogP contribution in [-0.2, 0) is 39.6 Å². The third-order valence-electron chi connectivity index (χ3n) is 6.79. The van der Waals surface area contributed by atoms with E-state index in [1.807, 2.05) is 18.2 Å². The Morgan fingerprint density at radius 3 is 2.30 bits per heavy atom. The molecule has 3 nitrogen and oxygen atoms in total. The molecule has 4 rings (SSSR count). The summed E-state index contributed by atoms with van der Waals surface area (Å²) in [7, 11) is 1.69. The van der Waals surface area contributed by atoms with Crippen molar-refractivity contribution in [1.82, 2.24) is 0 Å². The van der Waals surface area contributed by atoms with Gasteiger partial charge in [-0.25, -0.2) is 8.78 Å². The first-order chi connectivity index (χ1) is 17.7. The second kappa shape index (κ2) is 12.3. The number of halogens is 5. The summed E-state index contributed by atoms with van der Waals surface area (Å²) in [5.74, 6) is -1.29. The molecule has 1 aliphatic rings. The predicted octanol–water partition coefficient (Wildman–Crippen LogP) is 7.27. The summed E-state index contributed by atoms with van der Waals surface area (Å²) >= 11 is 0. The summed E-state index contributed by atoms with van der Waals surface area (Å²) in [4.78, 5) is 0. The van der Waals surface area contributed by atoms with Gasteiger partial charge in [0.05, 0.1) is 18.8 Å². The number of fused-ring (bicyclic) bond motifs is 1. The van der Waals surface area contributed by atoms with Gasteiger partial charge in [-0.3, -0.25) is 0 Å². The molecule has 0 atom stereocenters. The van der Waals surface area contributed by atoms with Crippen molar-refractivity contribution in [2.75, 3.05) is 26.9 Å². The standard InChI is InChI=1S/C29H31F5O3/c1-35-14-2-3-21-17-36-27(37-18-21)13-7-19-5-11-24-23(15-19)10-9-22(28(24)31)8-4-20-6-12-25(26(30)16-20)29(32,33)34/h5-6,9-12,15-16,21,27H,2-4,7-8,13-14,17-18H2,1H3. The lowest BCUT2D eigenvalue weighted by Gasteiger charge is -2.29. The number of benzene rings is 3. The van der Waals surface area contributed by atoms with Crippen molar-refractivity contribution in [2.45, 2.75) is 51.0 Å². The molecule has 1 fully saturated rings. The molecule has 0 radical (unpaired) electrons. The van der Waals surface area contributed by atoms with E-state index in [1.165, 1.54) is 6.07 Å². The van der Waals surface area contributed by atoms with Crippen LogP contribution in [0.3, 0.4) is 0 Å². The molecule has 1 heterocycles. The van der Waals surface area contributed by atoms with E-state index in [9.17, 15) is 17.6 Å². The SMILES string of the molecule is COCCCC1COC(CCc2ccc3c(F)c(CCc4ccc(C(F)(F)F)c(F)c4)ccc3c2)OC1. The number of hydrogen-bond acceptors (Lipinski definition) is 3. The van der Waals surface area contributed by atoms with Gasteiger partial charge in [-0.1, -0.05) is 36.4 Å². The van der Waals surface area contributed by atoms with Gasteiger partial charge in [0.1, 0.15) is 11.6 Å². The minimum atomic E-state index is -4.74. The maximum atomic E-state index is 15.2. The van der Waals surface area contributed by atoms with E-state index in [2.05, 4.69) is 0 Å². The monoisotopic (exact) mass is 522 g/mol. The fraction of sp³-hybridized carbons (Fsp3) is 0.448. The zero-order valence-corrected chi connectivity index (χ0v) is 20.8. The molecule has 200 valence electrons. The van der Waals surface area contributed by atoms with Gasteiger partial charge < -0.3 is 14.2 Å². The van der Waals surface area contributed by atoms with Gasteiger partial charge in [-0.05, 0) is 66.3 Å². The Bertz CT molecular complexity index is 1190. The van der Waals surface area contributed by atoms with Crippen LogP contribution in [0.2, 0.25) is 0 Å². The van der Waals surface area contributed by atoms with Crippen LogP contribution in [0.25, 0.3) is 10.8 Å². The van der Waals surface area contributed by atoms with Crippen LogP contribution in [0.4, 0.5) is 22.0 Å². The van der Waals surface area contributed by atoms with Crippen LogP contribution in [0, 0.1) is 17.6 Å². The van der Waals surface area contributed by atoms with Crippen molar-refractivity contribution in [1.29, 1.82) is 0 Å². The summed E-state index contributed by atoms with van der Waals surface area (Å²) in [5, 5.41) is 1.24. The lowest BCUT2D eigenvalue weighted by atomic mass is 9.97. The fourth-order valence-corrected chi connectivity index (χ4v) is 4.68. The molecule has 37 heavy (non-hydrogen) atoms. The Kier molecular flexibility index (Phi) is 9.16. The highest BCUT2D eigenvalue weighted by molar-refractivity contribution is 5.84. The van der Waals surface area contributed by atoms with E-state index in [1.54, 1.807) is 19.2 Å². The van der Waals surface area contributed by atoms with Crippen molar-refractivity contribution in [2.24, 2.45) is 5.92 Å². The molecule has 0 saturated carbocycles. The topological polar surface area (TPSA) is 27.7 Å². The van der Waals surface area contributed by atoms with Crippen LogP contribution >= 0.6 is 0 Å². The van der Waals surface area contributed by atoms with E-state index in [0.717, 1.165) is 49.0 Å². The zero-order valence-electron chi connectivity index (χ0n) is 20.8. The van der Waals surface area contributed by atoms with Crippen LogP contribution in [0.1, 0.15) is 41.5 Å². The van der Waals surface area contributed by atoms with Crippen molar-refractivity contribution in [3.8, 4) is 0 Å². The molecule has 0 bridgehead atoms. The summed E-state index contributed by atoms with van der Waals surface area (Å²) in [6.07, 6.45) is -1.07. The molecule has 0 spiro atoms. The van der Waals surface area contributed by atoms with Crippen LogP contribution in [-0.4, -0.2) is 33.2 Å². The molecular weight excluding hydrogens is 491 g/mol. The zero-order chi connectivity index (χ0) is 26.4. The first-order valence-corrected chi connectivity index (χ1v) is 12.5. The summed E-state index contributed by atoms with van der Waals surface area (Å²) in [5.41, 5.74) is 0.570. The molecular formula is C29H31F5O3. The van der Waals surface area contributed by atoms with Crippen LogP contribution in [0.5, 0.6) is 0 Å². The number of aryl methyl sites for hydroxylation is 3. The summed E-state index contributed by atoms with van der Waals surface area (Å²) in [6.45, 7) is 2.10. The third-order valence-corrected chi connectivity index (χ3v) is 6.79. The smallest absolute Gasteiger partial charge is 0.385 e. The minimum Gasteiger partial charge on any atom is -0.385 e. The Hall–Kier alpha value is -2.55. The Morgan fingerprint density at radius 2 is 1.59 bits per heavy atom. The van der Waals surface area contributed by atoms with Gasteiger partial charge in [-0.15, -0.1) is 0 Å². The third kappa shape index (κ3) is 7.27. The Balaban J connectivity index is 1.32. The van der Waals surface area contributed by atoms with Crippen molar-refractivity contribution in [3.05, 3.63) is 82.4 Å². The highest BCUT2D eigenvalue weighted by Crippen LogP contribution is 2.32. The van der Waals surface area contributed by atoms with E-state index in [4.69, 9.17) is 14.2 Å². The molecule has 0 unspecified atom stereocenters. The van der Waals surface area contributed by atoms with Gasteiger partial charge in [0.2, 0.25) is 0 Å². The maximum Gasteiger partial charge on any atom is 0.419 e. The number of ether oxygens (including phenoxy) is 3. The Labute approximate surface area is 213 Å². The highest BCUT2D eigenvalue weighted by Gasteiger charge is 2.33. The highest BCUT2D eigenvalue weighted by atomic mass is 19.4. The largest absolute Gasteiger partial charge is 0.419 e. The lowest BCUT2D eigenvalue weighted by molar-refractivity contribution is -0.203. The minimum absolute atomic E-state index is 0.226. The predicted molar refractivity (Wildman–Crippen MR) is 131 cm³/mol. The number of methoxy groups -OCH3 is 1. The first kappa shape index (κ1) is 27.5. The number of alkyl halides is 3. The van der Waals surface area contributed by atoms with Gasteiger partial charge >= 0.3 is 6.18 Å². The molecule has 1 saturated heterocycles. The summed E-state index contributed by atoms with van der Waals surface area (Å²) < 4.78 is 84.1. The van der Waals surface area contributed by atoms with E-state index >= 15 is 4.39 Å². The molecule has 0 aromatic heterocycles. The lowest BCUT2D eigenvalue weighted by Crippen LogP contribution is -2.32. The maximum absolute atomic E-state index is 15.2. The average molecular weight is 523 g/mol. The van der Waals surface area contributed by atoms with Crippen molar-refractivity contribution < 1.29 is 36.2 Å². The molecule has 0 N–H and O–H groups in total. The molecule has 0 aliphatic carbocycles. The van der Waals surface area contributed by atoms with E-state index in [0.29, 0.717) is 42.1 Å². The van der Waals surface area contributed by atoms with Crippen molar-refractivity contribution in [3.63, 3.8) is 0 Å². The van der Waals surface area contributed by atoms with Gasteiger partial charge in [-0.2, -0.15) is 13.2 Å². The van der Waals surface area contributed by atoms with Gasteiger partial charge in [0.15, 0.2) is 6.29 Å². The van der Waals surface area contributed by atoms with Crippen molar-refractivity contribution >= 4 is 10.8 Å². The second-order valence-corrected chi connectivity index (χ2v) is 9.54. The molecule has 3 aromatic carbocycles. The molecule has 1 aliphatic heterocycles. The number of hydrogen-bond donors (Lipinski definition) is 0. The second-order valence-electron chi connectivity index (χ2n) is 9.54. The normalized spacial score (nSPS) is 18.4.